The Morgan fingerprint density at radius 2 is 1.26 bits per heavy atom. The van der Waals surface area contributed by atoms with Crippen LogP contribution in [0.4, 0.5) is 0 Å². The quantitative estimate of drug-likeness (QED) is 0.180. The third-order valence-corrected chi connectivity index (χ3v) is 8.81. The van der Waals surface area contributed by atoms with Crippen molar-refractivity contribution in [2.24, 2.45) is 4.99 Å². The van der Waals surface area contributed by atoms with Crippen molar-refractivity contribution in [3.8, 4) is 22.3 Å². The van der Waals surface area contributed by atoms with Crippen LogP contribution in [-0.2, 0) is 0 Å². The van der Waals surface area contributed by atoms with Crippen molar-refractivity contribution in [1.29, 1.82) is 0 Å². The number of nitrogens with one attached hydrogen (secondary N) is 3. The summed E-state index contributed by atoms with van der Waals surface area (Å²) in [5.41, 5.74) is 10.6. The van der Waals surface area contributed by atoms with Crippen LogP contribution in [0.5, 0.6) is 0 Å². The number of hydrogen-bond acceptors (Lipinski definition) is 4. The third-order valence-electron chi connectivity index (χ3n) is 8.81. The average Bonchev–Trinajstić information content (AvgIpc) is 3.15. The Bertz CT molecular complexity index is 2080. The molecule has 4 nitrogen and oxygen atoms in total. The summed E-state index contributed by atoms with van der Waals surface area (Å²) in [5, 5.41) is 13.1. The zero-order valence-corrected chi connectivity index (χ0v) is 25.4. The number of allylic oxidation sites excluding steroid dienone is 2. The lowest BCUT2D eigenvalue weighted by atomic mass is 9.88. The van der Waals surface area contributed by atoms with Gasteiger partial charge in [-0.2, -0.15) is 0 Å². The van der Waals surface area contributed by atoms with Crippen LogP contribution in [0.2, 0.25) is 0 Å². The van der Waals surface area contributed by atoms with Crippen LogP contribution in [-0.4, -0.2) is 12.4 Å². The molecule has 0 aromatic heterocycles. The molecule has 0 saturated heterocycles. The fourth-order valence-electron chi connectivity index (χ4n) is 6.44. The Morgan fingerprint density at radius 3 is 2.02 bits per heavy atom. The van der Waals surface area contributed by atoms with Gasteiger partial charge in [-0.15, -0.1) is 0 Å². The lowest BCUT2D eigenvalue weighted by Crippen LogP contribution is -2.44. The Balaban J connectivity index is 1.17. The summed E-state index contributed by atoms with van der Waals surface area (Å²) in [6, 6.07) is 51.8. The summed E-state index contributed by atoms with van der Waals surface area (Å²) in [7, 11) is 0. The van der Waals surface area contributed by atoms with E-state index in [9.17, 15) is 0 Å². The Labute approximate surface area is 269 Å². The molecule has 2 atom stereocenters. The van der Waals surface area contributed by atoms with E-state index in [1.54, 1.807) is 0 Å². The number of fused-ring (bicyclic) bond motifs is 1. The fraction of sp³-hybridized carbons (Fsp3) is 0.0714. The molecule has 0 fully saturated rings. The van der Waals surface area contributed by atoms with Gasteiger partial charge in [0.15, 0.2) is 0 Å². The smallest absolute Gasteiger partial charge is 0.131 e. The van der Waals surface area contributed by atoms with Gasteiger partial charge in [-0.3, -0.25) is 5.32 Å². The number of dihydropyridines is 1. The fourth-order valence-corrected chi connectivity index (χ4v) is 6.44. The van der Waals surface area contributed by atoms with Crippen LogP contribution >= 0.6 is 0 Å². The normalized spacial score (nSPS) is 17.5. The average molecular weight is 595 g/mol. The van der Waals surface area contributed by atoms with Gasteiger partial charge in [0, 0.05) is 18.3 Å². The Morgan fingerprint density at radius 1 is 0.565 bits per heavy atom. The second-order valence-corrected chi connectivity index (χ2v) is 11.7. The van der Waals surface area contributed by atoms with Crippen molar-refractivity contribution in [2.75, 3.05) is 6.54 Å². The van der Waals surface area contributed by atoms with Crippen molar-refractivity contribution in [1.82, 2.24) is 16.0 Å². The Kier molecular flexibility index (Phi) is 7.47. The molecular weight excluding hydrogens is 560 g/mol. The van der Waals surface area contributed by atoms with Crippen LogP contribution < -0.4 is 16.0 Å². The number of amidine groups is 1. The largest absolute Gasteiger partial charge is 0.387 e. The number of hydrogen-bond donors (Lipinski definition) is 3. The maximum atomic E-state index is 5.14. The van der Waals surface area contributed by atoms with E-state index >= 15 is 0 Å². The molecule has 3 N–H and O–H groups in total. The molecule has 2 aliphatic heterocycles. The minimum absolute atomic E-state index is 0.0677. The first-order valence-corrected chi connectivity index (χ1v) is 15.8. The predicted molar refractivity (Wildman–Crippen MR) is 191 cm³/mol. The van der Waals surface area contributed by atoms with E-state index in [0.29, 0.717) is 0 Å². The van der Waals surface area contributed by atoms with Gasteiger partial charge in [0.2, 0.25) is 0 Å². The van der Waals surface area contributed by atoms with Crippen LogP contribution in [0.3, 0.4) is 0 Å². The van der Waals surface area contributed by atoms with Crippen LogP contribution in [0.15, 0.2) is 169 Å². The summed E-state index contributed by atoms with van der Waals surface area (Å²) >= 11 is 0. The molecule has 0 spiro atoms. The zero-order valence-electron chi connectivity index (χ0n) is 25.4. The lowest BCUT2D eigenvalue weighted by molar-refractivity contribution is 0.409. The molecule has 0 bridgehead atoms. The number of aliphatic imine (C=N–C) groups is 1. The van der Waals surface area contributed by atoms with Gasteiger partial charge in [0.1, 0.15) is 18.2 Å². The maximum absolute atomic E-state index is 5.14. The minimum atomic E-state index is -0.201. The molecule has 2 aliphatic rings. The van der Waals surface area contributed by atoms with Crippen LogP contribution in [0.25, 0.3) is 38.6 Å². The van der Waals surface area contributed by atoms with Gasteiger partial charge < -0.3 is 10.6 Å². The van der Waals surface area contributed by atoms with E-state index in [0.717, 1.165) is 23.5 Å². The molecule has 4 heteroatoms. The molecule has 46 heavy (non-hydrogen) atoms. The van der Waals surface area contributed by atoms with Crippen molar-refractivity contribution < 1.29 is 0 Å². The molecule has 0 amide bonds. The highest BCUT2D eigenvalue weighted by molar-refractivity contribution is 6.04. The van der Waals surface area contributed by atoms with E-state index in [4.69, 9.17) is 4.99 Å². The first kappa shape index (κ1) is 27.8. The molecule has 2 unspecified atom stereocenters. The minimum Gasteiger partial charge on any atom is -0.387 e. The van der Waals surface area contributed by atoms with Gasteiger partial charge in [-0.1, -0.05) is 158 Å². The topological polar surface area (TPSA) is 48.5 Å². The lowest BCUT2D eigenvalue weighted by Gasteiger charge is -2.32. The van der Waals surface area contributed by atoms with E-state index in [1.807, 2.05) is 12.1 Å². The summed E-state index contributed by atoms with van der Waals surface area (Å²) in [5.74, 6) is 0.886. The third kappa shape index (κ3) is 5.51. The molecule has 0 saturated carbocycles. The summed E-state index contributed by atoms with van der Waals surface area (Å²) in [6.07, 6.45) is 6.16. The van der Waals surface area contributed by atoms with E-state index in [1.165, 1.54) is 49.7 Å². The van der Waals surface area contributed by atoms with Crippen molar-refractivity contribution in [2.45, 2.75) is 12.3 Å². The maximum Gasteiger partial charge on any atom is 0.131 e. The first-order chi connectivity index (χ1) is 22.8. The highest BCUT2D eigenvalue weighted by Crippen LogP contribution is 2.39. The van der Waals surface area contributed by atoms with Crippen LogP contribution in [0, 0.1) is 0 Å². The second-order valence-electron chi connectivity index (χ2n) is 11.7. The SMILES string of the molecule is C1=CC(c2ccc(-c3ccc4ccccc4c3-c3ccc(C4N=C(c5ccccc5)NC(c5ccccc5)N4)cc3)cc2)=CNC1. The molecule has 8 rings (SSSR count). The van der Waals surface area contributed by atoms with E-state index in [2.05, 4.69) is 168 Å². The number of benzene rings is 6. The van der Waals surface area contributed by atoms with Gasteiger partial charge in [0.25, 0.3) is 0 Å². The highest BCUT2D eigenvalue weighted by atomic mass is 15.3. The first-order valence-electron chi connectivity index (χ1n) is 15.8. The van der Waals surface area contributed by atoms with Crippen molar-refractivity contribution >= 4 is 22.2 Å². The number of nitrogens with zero attached hydrogens (tertiary/aromatic N) is 1. The summed E-state index contributed by atoms with van der Waals surface area (Å²) in [6.45, 7) is 0.878. The number of rotatable bonds is 6. The molecule has 0 aliphatic carbocycles. The van der Waals surface area contributed by atoms with Gasteiger partial charge in [0.05, 0.1) is 0 Å². The molecule has 2 heterocycles. The van der Waals surface area contributed by atoms with Crippen LogP contribution in [0.1, 0.15) is 34.6 Å². The van der Waals surface area contributed by atoms with Crippen molar-refractivity contribution in [3.63, 3.8) is 0 Å². The molecule has 0 radical (unpaired) electrons. The van der Waals surface area contributed by atoms with E-state index in [-0.39, 0.29) is 12.3 Å². The summed E-state index contributed by atoms with van der Waals surface area (Å²) in [4.78, 5) is 5.14. The second kappa shape index (κ2) is 12.4. The zero-order chi connectivity index (χ0) is 30.7. The molecular formula is C42H34N4. The molecule has 6 aromatic carbocycles. The molecule has 222 valence electrons. The van der Waals surface area contributed by atoms with Crippen molar-refractivity contribution in [3.05, 3.63) is 186 Å². The standard InChI is InChI=1S/C42H34N4/c1-3-11-33(12-4-1)40-44-41(34-13-5-2-6-14-34)46-42(45-40)35-23-21-32(22-24-35)39-37-16-8-7-10-30(37)25-26-38(39)31-19-17-29(18-20-31)36-15-9-27-43-28-36/h1-26,28,40,42-43,45H,27H2,(H,44,46). The van der Waals surface area contributed by atoms with Gasteiger partial charge in [-0.05, 0) is 55.3 Å². The predicted octanol–water partition coefficient (Wildman–Crippen LogP) is 9.01. The monoisotopic (exact) mass is 594 g/mol. The van der Waals surface area contributed by atoms with E-state index < -0.39 is 0 Å². The van der Waals surface area contributed by atoms with Gasteiger partial charge in [-0.25, -0.2) is 4.99 Å². The van der Waals surface area contributed by atoms with Gasteiger partial charge >= 0.3 is 0 Å². The molecule has 6 aromatic rings. The highest BCUT2D eigenvalue weighted by Gasteiger charge is 2.25. The summed E-state index contributed by atoms with van der Waals surface area (Å²) < 4.78 is 0. The Hall–Kier alpha value is -5.71.